The highest BCUT2D eigenvalue weighted by Gasteiger charge is 2.34. The number of ether oxygens (including phenoxy) is 1. The number of aromatic nitrogens is 7. The molecular weight excluding hydrogens is 462 g/mol. The smallest absolute Gasteiger partial charge is 0.435 e. The van der Waals surface area contributed by atoms with Gasteiger partial charge in [0.1, 0.15) is 0 Å². The number of urea groups is 1. The number of alkyl halides is 3. The van der Waals surface area contributed by atoms with Gasteiger partial charge in [0.2, 0.25) is 0 Å². The van der Waals surface area contributed by atoms with Crippen LogP contribution in [0.5, 0.6) is 6.01 Å². The van der Waals surface area contributed by atoms with Crippen LogP contribution in [-0.4, -0.2) is 47.8 Å². The molecular formula is C19H15F4N9O2. The van der Waals surface area contributed by atoms with Crippen LogP contribution in [0.15, 0.2) is 49.4 Å². The van der Waals surface area contributed by atoms with Gasteiger partial charge in [-0.1, -0.05) is 0 Å². The second-order valence-corrected chi connectivity index (χ2v) is 6.68. The van der Waals surface area contributed by atoms with E-state index in [4.69, 9.17) is 4.74 Å². The molecule has 0 aliphatic carbocycles. The Kier molecular flexibility index (Phi) is 6.07. The quantitative estimate of drug-likeness (QED) is 0.409. The van der Waals surface area contributed by atoms with E-state index in [2.05, 4.69) is 35.5 Å². The highest BCUT2D eigenvalue weighted by molar-refractivity contribution is 6.01. The predicted octanol–water partition coefficient (Wildman–Crippen LogP) is 3.19. The Morgan fingerprint density at radius 3 is 2.62 bits per heavy atom. The number of hydrogen-bond donors (Lipinski definition) is 2. The van der Waals surface area contributed by atoms with Crippen LogP contribution in [0.25, 0.3) is 5.69 Å². The Hall–Kier alpha value is -4.56. The molecule has 0 aromatic carbocycles. The molecule has 0 atom stereocenters. The number of carbonyl (C=O) groups is 1. The number of aromatic amines is 1. The highest BCUT2D eigenvalue weighted by Crippen LogP contribution is 2.28. The summed E-state index contributed by atoms with van der Waals surface area (Å²) in [5.41, 5.74) is -1.04. The fraction of sp³-hybridized carbons (Fsp3) is 0.158. The van der Waals surface area contributed by atoms with E-state index in [0.717, 1.165) is 11.0 Å². The Morgan fingerprint density at radius 1 is 1.24 bits per heavy atom. The number of nitrogens with one attached hydrogen (secondary N) is 2. The van der Waals surface area contributed by atoms with Gasteiger partial charge >= 0.3 is 18.2 Å². The third kappa shape index (κ3) is 4.77. The van der Waals surface area contributed by atoms with Crippen molar-refractivity contribution < 1.29 is 27.1 Å². The molecule has 0 spiro atoms. The Balaban J connectivity index is 1.64. The van der Waals surface area contributed by atoms with Crippen LogP contribution in [0.1, 0.15) is 11.4 Å². The Bertz CT molecular complexity index is 1270. The average molecular weight is 477 g/mol. The minimum Gasteiger partial charge on any atom is -0.467 e. The van der Waals surface area contributed by atoms with E-state index in [1.165, 1.54) is 55.1 Å². The normalized spacial score (nSPS) is 11.3. The highest BCUT2D eigenvalue weighted by atomic mass is 19.4. The minimum absolute atomic E-state index is 0.00532. The molecule has 176 valence electrons. The molecule has 2 N–H and O–H groups in total. The Morgan fingerprint density at radius 2 is 2.00 bits per heavy atom. The van der Waals surface area contributed by atoms with E-state index >= 15 is 0 Å². The first kappa shape index (κ1) is 22.6. The van der Waals surface area contributed by atoms with Crippen LogP contribution in [0.2, 0.25) is 0 Å². The van der Waals surface area contributed by atoms with Crippen molar-refractivity contribution in [2.24, 2.45) is 0 Å². The number of methoxy groups -OCH3 is 1. The first-order valence-electron chi connectivity index (χ1n) is 9.45. The van der Waals surface area contributed by atoms with E-state index < -0.39 is 36.1 Å². The van der Waals surface area contributed by atoms with Crippen molar-refractivity contribution in [1.29, 1.82) is 0 Å². The molecule has 0 unspecified atom stereocenters. The number of carbonyl (C=O) groups excluding carboxylic acids is 1. The van der Waals surface area contributed by atoms with Crippen LogP contribution in [0, 0.1) is 5.82 Å². The summed E-state index contributed by atoms with van der Waals surface area (Å²) >= 11 is 0. The van der Waals surface area contributed by atoms with Crippen LogP contribution >= 0.6 is 0 Å². The maximum Gasteiger partial charge on any atom is 0.435 e. The zero-order chi connectivity index (χ0) is 24.3. The fourth-order valence-corrected chi connectivity index (χ4v) is 2.88. The monoisotopic (exact) mass is 477 g/mol. The van der Waals surface area contributed by atoms with Crippen molar-refractivity contribution in [2.75, 3.05) is 17.3 Å². The predicted molar refractivity (Wildman–Crippen MR) is 109 cm³/mol. The summed E-state index contributed by atoms with van der Waals surface area (Å²) in [4.78, 5) is 29.5. The van der Waals surface area contributed by atoms with Gasteiger partial charge in [-0.15, -0.1) is 0 Å². The lowest BCUT2D eigenvalue weighted by molar-refractivity contribution is -0.141. The van der Waals surface area contributed by atoms with Crippen molar-refractivity contribution in [3.63, 3.8) is 0 Å². The largest absolute Gasteiger partial charge is 0.467 e. The number of pyridine rings is 1. The molecule has 0 saturated heterocycles. The van der Waals surface area contributed by atoms with Gasteiger partial charge in [0.25, 0.3) is 0 Å². The fourth-order valence-electron chi connectivity index (χ4n) is 2.88. The first-order chi connectivity index (χ1) is 16.3. The van der Waals surface area contributed by atoms with Crippen molar-refractivity contribution >= 4 is 17.5 Å². The second-order valence-electron chi connectivity index (χ2n) is 6.68. The zero-order valence-electron chi connectivity index (χ0n) is 17.3. The molecule has 0 saturated carbocycles. The molecule has 2 amide bonds. The zero-order valence-corrected chi connectivity index (χ0v) is 17.3. The summed E-state index contributed by atoms with van der Waals surface area (Å²) in [7, 11) is 1.34. The lowest BCUT2D eigenvalue weighted by Gasteiger charge is -2.22. The van der Waals surface area contributed by atoms with E-state index in [0.29, 0.717) is 0 Å². The summed E-state index contributed by atoms with van der Waals surface area (Å²) < 4.78 is 60.0. The molecule has 4 aromatic rings. The van der Waals surface area contributed by atoms with E-state index in [-0.39, 0.29) is 23.1 Å². The third-order valence-corrected chi connectivity index (χ3v) is 4.48. The first-order valence-corrected chi connectivity index (χ1v) is 9.45. The third-order valence-electron chi connectivity index (χ3n) is 4.48. The molecule has 0 bridgehead atoms. The number of imidazole rings is 1. The van der Waals surface area contributed by atoms with Crippen LogP contribution in [0.3, 0.4) is 0 Å². The van der Waals surface area contributed by atoms with Gasteiger partial charge in [0.15, 0.2) is 17.3 Å². The van der Waals surface area contributed by atoms with Crippen LogP contribution < -0.4 is 15.0 Å². The summed E-state index contributed by atoms with van der Waals surface area (Å²) in [6, 6.07) is 1.23. The average Bonchev–Trinajstić information content (AvgIpc) is 3.51. The number of halogens is 4. The summed E-state index contributed by atoms with van der Waals surface area (Å²) in [6.45, 7) is -0.395. The standard InChI is InChI=1S/C19H15F4N9O2/c1-34-17-26-7-12(8-27-17)32(9-11-6-14(30-29-11)19(21,22)23)18(33)28-16-15(20)13(2-3-25-16)31-5-4-24-10-31/h2-8,10H,9H2,1H3,(H,29,30)(H,25,28,33). The van der Waals surface area contributed by atoms with Crippen molar-refractivity contribution in [1.82, 2.24) is 34.7 Å². The van der Waals surface area contributed by atoms with Crippen molar-refractivity contribution in [3.05, 3.63) is 66.6 Å². The molecule has 4 heterocycles. The van der Waals surface area contributed by atoms with Gasteiger partial charge in [0.05, 0.1) is 49.4 Å². The van der Waals surface area contributed by atoms with Gasteiger partial charge in [-0.3, -0.25) is 15.3 Å². The van der Waals surface area contributed by atoms with Gasteiger partial charge < -0.3 is 9.30 Å². The van der Waals surface area contributed by atoms with E-state index in [1.807, 2.05) is 0 Å². The summed E-state index contributed by atoms with van der Waals surface area (Å²) in [5, 5.41) is 7.77. The van der Waals surface area contributed by atoms with Crippen LogP contribution in [0.4, 0.5) is 33.9 Å². The second kappa shape index (κ2) is 9.13. The molecule has 0 fully saturated rings. The molecule has 0 aliphatic rings. The molecule has 4 rings (SSSR count). The molecule has 4 aromatic heterocycles. The maximum absolute atomic E-state index is 15.0. The maximum atomic E-state index is 15.0. The SMILES string of the molecule is COc1ncc(N(Cc2cc(C(F)(F)F)n[nH]2)C(=O)Nc2nccc(-n3ccnc3)c2F)cn1. The van der Waals surface area contributed by atoms with E-state index in [1.54, 1.807) is 0 Å². The van der Waals surface area contributed by atoms with Gasteiger partial charge in [0, 0.05) is 18.6 Å². The van der Waals surface area contributed by atoms with Gasteiger partial charge in [-0.25, -0.2) is 29.1 Å². The van der Waals surface area contributed by atoms with Crippen molar-refractivity contribution in [3.8, 4) is 11.7 Å². The summed E-state index contributed by atoms with van der Waals surface area (Å²) in [5.74, 6) is -1.25. The minimum atomic E-state index is -4.67. The number of H-pyrrole nitrogens is 1. The number of rotatable bonds is 6. The lowest BCUT2D eigenvalue weighted by atomic mass is 10.3. The number of nitrogens with zero attached hydrogens (tertiary/aromatic N) is 7. The van der Waals surface area contributed by atoms with E-state index in [9.17, 15) is 22.4 Å². The number of amides is 2. The number of hydrogen-bond acceptors (Lipinski definition) is 7. The molecule has 0 aliphatic heterocycles. The van der Waals surface area contributed by atoms with Crippen LogP contribution in [-0.2, 0) is 12.7 Å². The number of anilines is 2. The molecule has 15 heteroatoms. The van der Waals surface area contributed by atoms with Gasteiger partial charge in [-0.2, -0.15) is 18.3 Å². The molecule has 11 nitrogen and oxygen atoms in total. The summed E-state index contributed by atoms with van der Waals surface area (Å²) in [6.07, 6.45) is 3.35. The Labute approximate surface area is 188 Å². The molecule has 34 heavy (non-hydrogen) atoms. The van der Waals surface area contributed by atoms with Gasteiger partial charge in [-0.05, 0) is 12.1 Å². The molecule has 0 radical (unpaired) electrons. The van der Waals surface area contributed by atoms with Crippen molar-refractivity contribution in [2.45, 2.75) is 12.7 Å². The topological polar surface area (TPSA) is 127 Å². The lowest BCUT2D eigenvalue weighted by Crippen LogP contribution is -2.35.